The van der Waals surface area contributed by atoms with Gasteiger partial charge in [-0.3, -0.25) is 0 Å². The van der Waals surface area contributed by atoms with Crippen molar-refractivity contribution in [2.75, 3.05) is 13.1 Å². The molecule has 0 spiro atoms. The summed E-state index contributed by atoms with van der Waals surface area (Å²) in [5, 5.41) is 6.30. The van der Waals surface area contributed by atoms with Crippen molar-refractivity contribution in [2.45, 2.75) is 20.8 Å². The molecule has 3 heteroatoms. The highest BCUT2D eigenvalue weighted by Crippen LogP contribution is 1.87. The van der Waals surface area contributed by atoms with Crippen LogP contribution in [0.25, 0.3) is 0 Å². The first-order valence-electron chi connectivity index (χ1n) is 4.85. The first-order chi connectivity index (χ1) is 6.70. The normalized spacial score (nSPS) is 13.6. The van der Waals surface area contributed by atoms with E-state index in [0.717, 1.165) is 18.8 Å². The van der Waals surface area contributed by atoms with Gasteiger partial charge in [0, 0.05) is 25.0 Å². The van der Waals surface area contributed by atoms with Gasteiger partial charge in [0.2, 0.25) is 0 Å². The fourth-order valence-corrected chi connectivity index (χ4v) is 0.844. The van der Waals surface area contributed by atoms with Gasteiger partial charge >= 0.3 is 0 Å². The van der Waals surface area contributed by atoms with Gasteiger partial charge in [-0.25, -0.2) is 0 Å². The van der Waals surface area contributed by atoms with Gasteiger partial charge in [0.25, 0.3) is 0 Å². The summed E-state index contributed by atoms with van der Waals surface area (Å²) in [6.07, 6.45) is 7.72. The summed E-state index contributed by atoms with van der Waals surface area (Å²) in [6.45, 7) is 7.56. The van der Waals surface area contributed by atoms with Crippen LogP contribution in [-0.2, 0) is 0 Å². The summed E-state index contributed by atoms with van der Waals surface area (Å²) in [5.41, 5.74) is 7.75. The molecular weight excluding hydrogens is 174 g/mol. The summed E-state index contributed by atoms with van der Waals surface area (Å²) in [6, 6.07) is 0. The van der Waals surface area contributed by atoms with E-state index in [1.54, 1.807) is 0 Å². The number of nitrogens with one attached hydrogen (secondary N) is 2. The molecular formula is C11H21N3. The Morgan fingerprint density at radius 1 is 1.29 bits per heavy atom. The minimum atomic E-state index is 0.741. The average molecular weight is 195 g/mol. The van der Waals surface area contributed by atoms with Crippen LogP contribution in [0.5, 0.6) is 0 Å². The molecule has 0 aromatic carbocycles. The quantitative estimate of drug-likeness (QED) is 0.601. The zero-order valence-corrected chi connectivity index (χ0v) is 9.30. The van der Waals surface area contributed by atoms with E-state index in [1.165, 1.54) is 5.57 Å². The Bertz CT molecular complexity index is 227. The monoisotopic (exact) mass is 195 g/mol. The molecule has 0 aromatic rings. The van der Waals surface area contributed by atoms with Crippen LogP contribution < -0.4 is 16.4 Å². The molecule has 4 N–H and O–H groups in total. The lowest BCUT2D eigenvalue weighted by atomic mass is 10.3. The number of allylic oxidation sites excluding steroid dienone is 2. The Balaban J connectivity index is 3.62. The number of hydrogen-bond acceptors (Lipinski definition) is 3. The van der Waals surface area contributed by atoms with Gasteiger partial charge in [-0.1, -0.05) is 12.2 Å². The third kappa shape index (κ3) is 7.43. The van der Waals surface area contributed by atoms with Crippen LogP contribution in [0.1, 0.15) is 20.8 Å². The van der Waals surface area contributed by atoms with Crippen LogP contribution in [-0.4, -0.2) is 13.1 Å². The summed E-state index contributed by atoms with van der Waals surface area (Å²) in [4.78, 5) is 0. The van der Waals surface area contributed by atoms with Crippen LogP contribution in [0.3, 0.4) is 0 Å². The lowest BCUT2D eigenvalue weighted by Gasteiger charge is -2.04. The van der Waals surface area contributed by atoms with Crippen LogP contribution in [0.2, 0.25) is 0 Å². The molecule has 0 radical (unpaired) electrons. The second-order valence-corrected chi connectivity index (χ2v) is 3.12. The average Bonchev–Trinajstić information content (AvgIpc) is 2.18. The maximum atomic E-state index is 5.63. The van der Waals surface area contributed by atoms with E-state index in [2.05, 4.69) is 17.6 Å². The van der Waals surface area contributed by atoms with E-state index in [-0.39, 0.29) is 0 Å². The molecule has 0 saturated carbocycles. The molecule has 0 saturated heterocycles. The third-order valence-electron chi connectivity index (χ3n) is 1.70. The minimum Gasteiger partial charge on any atom is -0.401 e. The molecule has 3 nitrogen and oxygen atoms in total. The second-order valence-electron chi connectivity index (χ2n) is 3.12. The van der Waals surface area contributed by atoms with Crippen molar-refractivity contribution >= 4 is 0 Å². The smallest absolute Gasteiger partial charge is 0.0351 e. The van der Waals surface area contributed by atoms with Crippen molar-refractivity contribution in [2.24, 2.45) is 5.73 Å². The van der Waals surface area contributed by atoms with Gasteiger partial charge < -0.3 is 16.4 Å². The lowest BCUT2D eigenvalue weighted by Crippen LogP contribution is -2.22. The Labute approximate surface area is 86.8 Å². The topological polar surface area (TPSA) is 50.1 Å². The summed E-state index contributed by atoms with van der Waals surface area (Å²) < 4.78 is 0. The molecule has 0 atom stereocenters. The molecule has 0 aliphatic heterocycles. The molecule has 0 bridgehead atoms. The van der Waals surface area contributed by atoms with Crippen molar-refractivity contribution in [1.82, 2.24) is 10.6 Å². The van der Waals surface area contributed by atoms with E-state index < -0.39 is 0 Å². The summed E-state index contributed by atoms with van der Waals surface area (Å²) in [5.74, 6) is 0. The Morgan fingerprint density at radius 3 is 2.57 bits per heavy atom. The maximum absolute atomic E-state index is 5.63. The van der Waals surface area contributed by atoms with Gasteiger partial charge in [-0.15, -0.1) is 0 Å². The molecule has 0 aliphatic carbocycles. The first kappa shape index (κ1) is 12.8. The van der Waals surface area contributed by atoms with Gasteiger partial charge in [-0.05, 0) is 32.5 Å². The van der Waals surface area contributed by atoms with Gasteiger partial charge in [-0.2, -0.15) is 0 Å². The molecule has 0 aliphatic rings. The standard InChI is InChI=1S/C11H21N3/c1-4-6-13-7-10(3)8-14-9-11(12)5-2/h4-7,13-14H,8-9,12H2,1-3H3/b6-4+,10-7+,11-5+. The fraction of sp³-hybridized carbons (Fsp3) is 0.455. The van der Waals surface area contributed by atoms with Crippen LogP contribution in [0, 0.1) is 0 Å². The highest BCUT2D eigenvalue weighted by Gasteiger charge is 1.90. The van der Waals surface area contributed by atoms with Crippen molar-refractivity contribution in [3.05, 3.63) is 35.8 Å². The Morgan fingerprint density at radius 2 is 2.00 bits per heavy atom. The largest absolute Gasteiger partial charge is 0.401 e. The third-order valence-corrected chi connectivity index (χ3v) is 1.70. The molecule has 0 amide bonds. The van der Waals surface area contributed by atoms with Gasteiger partial charge in [0.15, 0.2) is 0 Å². The van der Waals surface area contributed by atoms with E-state index in [0.29, 0.717) is 0 Å². The highest BCUT2D eigenvalue weighted by atomic mass is 14.9. The molecule has 14 heavy (non-hydrogen) atoms. The molecule has 0 unspecified atom stereocenters. The number of nitrogens with two attached hydrogens (primary N) is 1. The van der Waals surface area contributed by atoms with Crippen molar-refractivity contribution in [3.63, 3.8) is 0 Å². The zero-order chi connectivity index (χ0) is 10.8. The lowest BCUT2D eigenvalue weighted by molar-refractivity contribution is 0.779. The van der Waals surface area contributed by atoms with Gasteiger partial charge in [0.1, 0.15) is 0 Å². The van der Waals surface area contributed by atoms with Crippen molar-refractivity contribution in [1.29, 1.82) is 0 Å². The van der Waals surface area contributed by atoms with E-state index >= 15 is 0 Å². The van der Waals surface area contributed by atoms with Crippen LogP contribution >= 0.6 is 0 Å². The molecule has 0 aromatic heterocycles. The summed E-state index contributed by atoms with van der Waals surface area (Å²) in [7, 11) is 0. The fourth-order valence-electron chi connectivity index (χ4n) is 0.844. The molecule has 0 heterocycles. The van der Waals surface area contributed by atoms with Crippen LogP contribution in [0.4, 0.5) is 0 Å². The maximum Gasteiger partial charge on any atom is 0.0351 e. The van der Waals surface area contributed by atoms with E-state index in [4.69, 9.17) is 5.73 Å². The van der Waals surface area contributed by atoms with E-state index in [1.807, 2.05) is 38.4 Å². The predicted octanol–water partition coefficient (Wildman–Crippen LogP) is 1.47. The zero-order valence-electron chi connectivity index (χ0n) is 9.30. The van der Waals surface area contributed by atoms with Crippen molar-refractivity contribution in [3.8, 4) is 0 Å². The second kappa shape index (κ2) is 8.38. The van der Waals surface area contributed by atoms with Gasteiger partial charge in [0.05, 0.1) is 0 Å². The SMILES string of the molecule is C/C=C/N/C=C(\C)CNC/C(N)=C\C. The predicted molar refractivity (Wildman–Crippen MR) is 62.5 cm³/mol. The highest BCUT2D eigenvalue weighted by molar-refractivity contribution is 5.03. The minimum absolute atomic E-state index is 0.741. The Kier molecular flexibility index (Phi) is 7.65. The number of rotatable bonds is 6. The molecule has 0 rings (SSSR count). The Hall–Kier alpha value is -1.22. The van der Waals surface area contributed by atoms with E-state index in [9.17, 15) is 0 Å². The first-order valence-corrected chi connectivity index (χ1v) is 4.85. The van der Waals surface area contributed by atoms with Crippen molar-refractivity contribution < 1.29 is 0 Å². The van der Waals surface area contributed by atoms with Crippen LogP contribution in [0.15, 0.2) is 35.8 Å². The molecule has 0 fully saturated rings. The summed E-state index contributed by atoms with van der Waals surface area (Å²) >= 11 is 0. The number of hydrogen-bond donors (Lipinski definition) is 3. The molecule has 80 valence electrons.